The molecule has 0 bridgehead atoms. The summed E-state index contributed by atoms with van der Waals surface area (Å²) in [6.07, 6.45) is 4.20. The molecule has 1 aromatic heterocycles. The van der Waals surface area contributed by atoms with Crippen molar-refractivity contribution in [2.75, 3.05) is 5.32 Å². The molecule has 0 spiro atoms. The lowest BCUT2D eigenvalue weighted by molar-refractivity contribution is 0.102. The molecule has 0 aliphatic heterocycles. The summed E-state index contributed by atoms with van der Waals surface area (Å²) in [5.74, 6) is 0.477. The van der Waals surface area contributed by atoms with Gasteiger partial charge in [-0.15, -0.1) is 11.3 Å². The van der Waals surface area contributed by atoms with Crippen LogP contribution in [0.4, 0.5) is 5.00 Å². The van der Waals surface area contributed by atoms with Crippen LogP contribution in [0, 0.1) is 22.7 Å². The predicted molar refractivity (Wildman–Crippen MR) is 122 cm³/mol. The monoisotopic (exact) mass is 408 g/mol. The number of carbonyl (C=O) groups excluding carboxylic acids is 1. The zero-order chi connectivity index (χ0) is 21.4. The topological polar surface area (TPSA) is 52.9 Å². The Labute approximate surface area is 179 Å². The number of thiophene rings is 1. The van der Waals surface area contributed by atoms with Crippen LogP contribution in [0.5, 0.6) is 0 Å². The number of amides is 1. The molecule has 1 aromatic carbocycles. The number of fused-ring (bicyclic) bond motifs is 1. The standard InChI is InChI=1S/C25H32N2OS/c1-7-25(5,6)18-12-13-19-20(15-26)23(29-21(19)14-18)27-22(28)16-8-10-17(11-9-16)24(2,3)4/h8-11,18H,7,12-14H2,1-6H3,(H,27,28). The third-order valence-electron chi connectivity index (χ3n) is 6.63. The Bertz CT molecular complexity index is 939. The summed E-state index contributed by atoms with van der Waals surface area (Å²) in [4.78, 5) is 14.1. The van der Waals surface area contributed by atoms with Gasteiger partial charge in [-0.05, 0) is 59.3 Å². The lowest BCUT2D eigenvalue weighted by Gasteiger charge is -2.36. The molecule has 1 amide bonds. The highest BCUT2D eigenvalue weighted by Crippen LogP contribution is 2.45. The van der Waals surface area contributed by atoms with E-state index in [4.69, 9.17) is 0 Å². The Morgan fingerprint density at radius 2 is 1.86 bits per heavy atom. The van der Waals surface area contributed by atoms with Crippen LogP contribution in [0.15, 0.2) is 24.3 Å². The molecule has 1 aliphatic carbocycles. The van der Waals surface area contributed by atoms with Gasteiger partial charge in [-0.3, -0.25) is 4.79 Å². The van der Waals surface area contributed by atoms with Gasteiger partial charge in [0.1, 0.15) is 11.1 Å². The van der Waals surface area contributed by atoms with Gasteiger partial charge < -0.3 is 5.32 Å². The van der Waals surface area contributed by atoms with Crippen LogP contribution in [-0.2, 0) is 18.3 Å². The summed E-state index contributed by atoms with van der Waals surface area (Å²) in [7, 11) is 0. The summed E-state index contributed by atoms with van der Waals surface area (Å²) in [5.41, 5.74) is 3.99. The molecule has 29 heavy (non-hydrogen) atoms. The van der Waals surface area contributed by atoms with Gasteiger partial charge in [0, 0.05) is 10.4 Å². The molecule has 154 valence electrons. The lowest BCUT2D eigenvalue weighted by Crippen LogP contribution is -2.28. The van der Waals surface area contributed by atoms with Crippen LogP contribution in [0.1, 0.15) is 86.3 Å². The largest absolute Gasteiger partial charge is 0.312 e. The van der Waals surface area contributed by atoms with E-state index in [1.807, 2.05) is 24.3 Å². The Balaban J connectivity index is 1.82. The third kappa shape index (κ3) is 4.41. The first-order valence-electron chi connectivity index (χ1n) is 10.5. The molecule has 1 N–H and O–H groups in total. The maximum absolute atomic E-state index is 12.8. The average Bonchev–Trinajstić information content (AvgIpc) is 3.03. The number of anilines is 1. The molecule has 4 heteroatoms. The quantitative estimate of drug-likeness (QED) is 0.611. The highest BCUT2D eigenvalue weighted by Gasteiger charge is 2.34. The molecule has 1 heterocycles. The number of nitrogens with one attached hydrogen (secondary N) is 1. The molecule has 0 saturated heterocycles. The Morgan fingerprint density at radius 1 is 1.21 bits per heavy atom. The maximum Gasteiger partial charge on any atom is 0.256 e. The second-order valence-electron chi connectivity index (χ2n) is 9.88. The first kappa shape index (κ1) is 21.6. The minimum absolute atomic E-state index is 0.0542. The van der Waals surface area contributed by atoms with Crippen molar-refractivity contribution in [3.05, 3.63) is 51.4 Å². The van der Waals surface area contributed by atoms with Gasteiger partial charge in [-0.1, -0.05) is 60.1 Å². The van der Waals surface area contributed by atoms with Crippen LogP contribution >= 0.6 is 11.3 Å². The molecule has 0 fully saturated rings. The second-order valence-corrected chi connectivity index (χ2v) is 11.0. The summed E-state index contributed by atoms with van der Waals surface area (Å²) in [6.45, 7) is 13.4. The van der Waals surface area contributed by atoms with E-state index in [0.717, 1.165) is 31.2 Å². The zero-order valence-corrected chi connectivity index (χ0v) is 19.3. The van der Waals surface area contributed by atoms with Crippen molar-refractivity contribution in [2.45, 2.75) is 72.6 Å². The summed E-state index contributed by atoms with van der Waals surface area (Å²) in [6, 6.07) is 10.1. The number of hydrogen-bond donors (Lipinski definition) is 1. The van der Waals surface area contributed by atoms with Crippen molar-refractivity contribution in [3.63, 3.8) is 0 Å². The van der Waals surface area contributed by atoms with Crippen LogP contribution in [0.2, 0.25) is 0 Å². The SMILES string of the molecule is CCC(C)(C)C1CCc2c(sc(NC(=O)c3ccc(C(C)(C)C)cc3)c2C#N)C1. The minimum Gasteiger partial charge on any atom is -0.312 e. The fourth-order valence-corrected chi connectivity index (χ4v) is 5.32. The molecule has 3 rings (SSSR count). The van der Waals surface area contributed by atoms with E-state index < -0.39 is 0 Å². The summed E-state index contributed by atoms with van der Waals surface area (Å²) in [5, 5.41) is 13.5. The summed E-state index contributed by atoms with van der Waals surface area (Å²) < 4.78 is 0. The molecular formula is C25H32N2OS. The maximum atomic E-state index is 12.8. The van der Waals surface area contributed by atoms with Crippen LogP contribution < -0.4 is 5.32 Å². The zero-order valence-electron chi connectivity index (χ0n) is 18.5. The average molecular weight is 409 g/mol. The van der Waals surface area contributed by atoms with Crippen molar-refractivity contribution in [3.8, 4) is 6.07 Å². The molecular weight excluding hydrogens is 376 g/mol. The predicted octanol–water partition coefficient (Wildman–Crippen LogP) is 6.71. The number of carbonyl (C=O) groups is 1. The van der Waals surface area contributed by atoms with Crippen molar-refractivity contribution in [1.82, 2.24) is 0 Å². The van der Waals surface area contributed by atoms with Crippen molar-refractivity contribution >= 4 is 22.2 Å². The molecule has 0 radical (unpaired) electrons. The molecule has 1 atom stereocenters. The fourth-order valence-electron chi connectivity index (χ4n) is 4.04. The van der Waals surface area contributed by atoms with Gasteiger partial charge in [-0.25, -0.2) is 0 Å². The van der Waals surface area contributed by atoms with Crippen molar-refractivity contribution < 1.29 is 4.79 Å². The van der Waals surface area contributed by atoms with Crippen molar-refractivity contribution in [2.24, 2.45) is 11.3 Å². The van der Waals surface area contributed by atoms with Crippen LogP contribution in [-0.4, -0.2) is 5.91 Å². The van der Waals surface area contributed by atoms with Crippen molar-refractivity contribution in [1.29, 1.82) is 5.26 Å². The van der Waals surface area contributed by atoms with Gasteiger partial charge >= 0.3 is 0 Å². The Morgan fingerprint density at radius 3 is 2.41 bits per heavy atom. The lowest BCUT2D eigenvalue weighted by atomic mass is 9.69. The fraction of sp³-hybridized carbons (Fsp3) is 0.520. The molecule has 3 nitrogen and oxygen atoms in total. The first-order valence-corrected chi connectivity index (χ1v) is 11.3. The van der Waals surface area contributed by atoms with Gasteiger partial charge in [0.15, 0.2) is 0 Å². The van der Waals surface area contributed by atoms with E-state index in [1.165, 1.54) is 10.4 Å². The molecule has 0 saturated carbocycles. The van der Waals surface area contributed by atoms with E-state index in [9.17, 15) is 10.1 Å². The molecule has 1 aliphatic rings. The Hall–Kier alpha value is -2.12. The smallest absolute Gasteiger partial charge is 0.256 e. The van der Waals surface area contributed by atoms with Gasteiger partial charge in [-0.2, -0.15) is 5.26 Å². The van der Waals surface area contributed by atoms with Crippen LogP contribution in [0.25, 0.3) is 0 Å². The van der Waals surface area contributed by atoms with E-state index in [2.05, 4.69) is 52.9 Å². The highest BCUT2D eigenvalue weighted by molar-refractivity contribution is 7.16. The van der Waals surface area contributed by atoms with E-state index in [1.54, 1.807) is 11.3 Å². The van der Waals surface area contributed by atoms with E-state index >= 15 is 0 Å². The molecule has 2 aromatic rings. The number of nitriles is 1. The normalized spacial score (nSPS) is 16.8. The minimum atomic E-state index is -0.147. The van der Waals surface area contributed by atoms with E-state index in [-0.39, 0.29) is 11.3 Å². The molecule has 1 unspecified atom stereocenters. The van der Waals surface area contributed by atoms with Gasteiger partial charge in [0.25, 0.3) is 5.91 Å². The van der Waals surface area contributed by atoms with Gasteiger partial charge in [0.05, 0.1) is 5.56 Å². The summed E-state index contributed by atoms with van der Waals surface area (Å²) >= 11 is 1.59. The van der Waals surface area contributed by atoms with Crippen LogP contribution in [0.3, 0.4) is 0 Å². The third-order valence-corrected chi connectivity index (χ3v) is 7.80. The number of rotatable bonds is 4. The first-order chi connectivity index (χ1) is 13.6. The van der Waals surface area contributed by atoms with Gasteiger partial charge in [0.2, 0.25) is 0 Å². The second kappa shape index (κ2) is 7.95. The number of benzene rings is 1. The number of hydrogen-bond acceptors (Lipinski definition) is 3. The highest BCUT2D eigenvalue weighted by atomic mass is 32.1. The number of nitrogens with zero attached hydrogens (tertiary/aromatic N) is 1. The van der Waals surface area contributed by atoms with E-state index in [0.29, 0.717) is 27.5 Å². The Kier molecular flexibility index (Phi) is 5.92.